The van der Waals surface area contributed by atoms with Gasteiger partial charge in [-0.1, -0.05) is 11.6 Å². The van der Waals surface area contributed by atoms with Gasteiger partial charge >= 0.3 is 0 Å². The van der Waals surface area contributed by atoms with Gasteiger partial charge in [0, 0.05) is 13.0 Å². The molecule has 0 bridgehead atoms. The lowest BCUT2D eigenvalue weighted by atomic mass is 10.1. The Bertz CT molecular complexity index is 333. The third-order valence-corrected chi connectivity index (χ3v) is 3.39. The second-order valence-corrected chi connectivity index (χ2v) is 4.94. The highest BCUT2D eigenvalue weighted by Crippen LogP contribution is 2.33. The molecular formula is C11H15ClN2O. The van der Waals surface area contributed by atoms with Gasteiger partial charge in [-0.15, -0.1) is 0 Å². The number of rotatable bonds is 2. The van der Waals surface area contributed by atoms with Crippen LogP contribution in [0, 0.1) is 5.92 Å². The molecule has 0 spiro atoms. The third kappa shape index (κ3) is 2.04. The van der Waals surface area contributed by atoms with Gasteiger partial charge in [0.1, 0.15) is 5.17 Å². The molecule has 3 nitrogen and oxygen atoms in total. The highest BCUT2D eigenvalue weighted by molar-refractivity contribution is 6.66. The van der Waals surface area contributed by atoms with Gasteiger partial charge in [-0.25, -0.2) is 4.99 Å². The lowest BCUT2D eigenvalue weighted by molar-refractivity contribution is 0.119. The predicted molar refractivity (Wildman–Crippen MR) is 60.0 cm³/mol. The zero-order chi connectivity index (χ0) is 10.3. The van der Waals surface area contributed by atoms with Gasteiger partial charge in [-0.2, -0.15) is 0 Å². The second kappa shape index (κ2) is 3.80. The molecule has 1 fully saturated rings. The molecule has 3 aliphatic rings. The van der Waals surface area contributed by atoms with Gasteiger partial charge in [0.2, 0.25) is 0 Å². The van der Waals surface area contributed by atoms with Crippen LogP contribution < -0.4 is 0 Å². The lowest BCUT2D eigenvalue weighted by Crippen LogP contribution is -2.36. The Morgan fingerprint density at radius 2 is 2.33 bits per heavy atom. The van der Waals surface area contributed by atoms with Gasteiger partial charge in [0.15, 0.2) is 0 Å². The highest BCUT2D eigenvalue weighted by atomic mass is 35.5. The summed E-state index contributed by atoms with van der Waals surface area (Å²) in [4.78, 5) is 6.78. The topological polar surface area (TPSA) is 24.8 Å². The minimum Gasteiger partial charge on any atom is -0.375 e. The van der Waals surface area contributed by atoms with Crippen molar-refractivity contribution < 1.29 is 4.74 Å². The van der Waals surface area contributed by atoms with Crippen LogP contribution in [0.1, 0.15) is 19.3 Å². The molecule has 0 atom stereocenters. The third-order valence-electron chi connectivity index (χ3n) is 3.19. The Morgan fingerprint density at radius 1 is 1.47 bits per heavy atom. The lowest BCUT2D eigenvalue weighted by Gasteiger charge is -2.33. The van der Waals surface area contributed by atoms with Crippen LogP contribution in [0.15, 0.2) is 16.4 Å². The molecule has 0 aromatic carbocycles. The van der Waals surface area contributed by atoms with E-state index in [1.807, 2.05) is 0 Å². The summed E-state index contributed by atoms with van der Waals surface area (Å²) in [5.41, 5.74) is 2.43. The first-order valence-electron chi connectivity index (χ1n) is 5.61. The van der Waals surface area contributed by atoms with E-state index in [1.54, 1.807) is 0 Å². The molecule has 82 valence electrons. The molecule has 1 saturated carbocycles. The largest absolute Gasteiger partial charge is 0.375 e. The monoisotopic (exact) mass is 226 g/mol. The SMILES string of the molecule is ClC1=NC2=C(COCC2)N(CC2CC2)C1. The number of ether oxygens (including phenoxy) is 1. The molecule has 0 aromatic rings. The summed E-state index contributed by atoms with van der Waals surface area (Å²) >= 11 is 6.07. The molecule has 15 heavy (non-hydrogen) atoms. The molecule has 1 aliphatic carbocycles. The summed E-state index contributed by atoms with van der Waals surface area (Å²) in [5.74, 6) is 0.878. The molecule has 4 heteroatoms. The number of halogens is 1. The van der Waals surface area contributed by atoms with Crippen LogP contribution >= 0.6 is 11.6 Å². The highest BCUT2D eigenvalue weighted by Gasteiger charge is 2.30. The van der Waals surface area contributed by atoms with Gasteiger partial charge in [-0.3, -0.25) is 0 Å². The summed E-state index contributed by atoms with van der Waals surface area (Å²) in [6, 6.07) is 0. The van der Waals surface area contributed by atoms with Gasteiger partial charge < -0.3 is 9.64 Å². The van der Waals surface area contributed by atoms with Crippen molar-refractivity contribution in [1.29, 1.82) is 0 Å². The Kier molecular flexibility index (Phi) is 2.45. The number of hydrogen-bond acceptors (Lipinski definition) is 3. The maximum atomic E-state index is 6.07. The van der Waals surface area contributed by atoms with Crippen molar-refractivity contribution in [3.8, 4) is 0 Å². The van der Waals surface area contributed by atoms with Crippen molar-refractivity contribution in [2.45, 2.75) is 19.3 Å². The maximum Gasteiger partial charge on any atom is 0.125 e. The van der Waals surface area contributed by atoms with E-state index in [2.05, 4.69) is 9.89 Å². The Balaban J connectivity index is 1.82. The molecule has 0 saturated heterocycles. The van der Waals surface area contributed by atoms with Gasteiger partial charge in [0.25, 0.3) is 0 Å². The quantitative estimate of drug-likeness (QED) is 0.720. The van der Waals surface area contributed by atoms with Gasteiger partial charge in [0.05, 0.1) is 31.2 Å². The molecule has 3 rings (SSSR count). The Morgan fingerprint density at radius 3 is 3.13 bits per heavy atom. The van der Waals surface area contributed by atoms with Crippen LogP contribution in [-0.4, -0.2) is 36.4 Å². The summed E-state index contributed by atoms with van der Waals surface area (Å²) in [7, 11) is 0. The number of nitrogens with zero attached hydrogens (tertiary/aromatic N) is 2. The predicted octanol–water partition coefficient (Wildman–Crippen LogP) is 1.98. The van der Waals surface area contributed by atoms with E-state index >= 15 is 0 Å². The van der Waals surface area contributed by atoms with Crippen LogP contribution in [0.4, 0.5) is 0 Å². The smallest absolute Gasteiger partial charge is 0.125 e. The molecule has 2 heterocycles. The van der Waals surface area contributed by atoms with Crippen LogP contribution in [0.3, 0.4) is 0 Å². The van der Waals surface area contributed by atoms with E-state index in [0.717, 1.165) is 49.5 Å². The first-order valence-corrected chi connectivity index (χ1v) is 5.98. The van der Waals surface area contributed by atoms with Crippen molar-refractivity contribution in [2.75, 3.05) is 26.3 Å². The second-order valence-electron chi connectivity index (χ2n) is 4.51. The molecule has 2 aliphatic heterocycles. The van der Waals surface area contributed by atoms with E-state index < -0.39 is 0 Å². The zero-order valence-electron chi connectivity index (χ0n) is 8.71. The zero-order valence-corrected chi connectivity index (χ0v) is 9.46. The Labute approximate surface area is 94.8 Å². The molecule has 0 aromatic heterocycles. The summed E-state index contributed by atoms with van der Waals surface area (Å²) in [5, 5.41) is 0.733. The first-order chi connectivity index (χ1) is 7.33. The molecular weight excluding hydrogens is 212 g/mol. The fourth-order valence-electron chi connectivity index (χ4n) is 2.18. The fourth-order valence-corrected chi connectivity index (χ4v) is 2.43. The molecule has 0 N–H and O–H groups in total. The van der Waals surface area contributed by atoms with Crippen molar-refractivity contribution in [3.63, 3.8) is 0 Å². The van der Waals surface area contributed by atoms with Crippen LogP contribution in [-0.2, 0) is 4.74 Å². The molecule has 0 radical (unpaired) electrons. The van der Waals surface area contributed by atoms with Gasteiger partial charge in [-0.05, 0) is 18.8 Å². The van der Waals surface area contributed by atoms with Crippen molar-refractivity contribution in [1.82, 2.24) is 4.90 Å². The first kappa shape index (κ1) is 9.67. The molecule has 0 unspecified atom stereocenters. The van der Waals surface area contributed by atoms with E-state index in [1.165, 1.54) is 18.5 Å². The fraction of sp³-hybridized carbons (Fsp3) is 0.727. The minimum absolute atomic E-state index is 0.718. The van der Waals surface area contributed by atoms with Crippen molar-refractivity contribution in [3.05, 3.63) is 11.4 Å². The minimum atomic E-state index is 0.718. The van der Waals surface area contributed by atoms with Crippen molar-refractivity contribution >= 4 is 16.8 Å². The Hall–Kier alpha value is -0.540. The van der Waals surface area contributed by atoms with E-state index in [0.29, 0.717) is 0 Å². The average Bonchev–Trinajstić information content (AvgIpc) is 3.01. The average molecular weight is 227 g/mol. The van der Waals surface area contributed by atoms with Crippen LogP contribution in [0.25, 0.3) is 0 Å². The summed E-state index contributed by atoms with van der Waals surface area (Å²) in [6.07, 6.45) is 3.65. The van der Waals surface area contributed by atoms with Crippen LogP contribution in [0.2, 0.25) is 0 Å². The van der Waals surface area contributed by atoms with E-state index in [-0.39, 0.29) is 0 Å². The normalized spacial score (nSPS) is 26.5. The number of aliphatic imine (C=N–C) groups is 1. The van der Waals surface area contributed by atoms with Crippen LogP contribution in [0.5, 0.6) is 0 Å². The van der Waals surface area contributed by atoms with E-state index in [9.17, 15) is 0 Å². The van der Waals surface area contributed by atoms with E-state index in [4.69, 9.17) is 16.3 Å². The number of hydrogen-bond donors (Lipinski definition) is 0. The summed E-state index contributed by atoms with van der Waals surface area (Å²) < 4.78 is 5.49. The summed E-state index contributed by atoms with van der Waals surface area (Å²) in [6.45, 7) is 3.41. The standard InChI is InChI=1S/C11H15ClN2O/c12-11-6-14(5-8-1-2-8)10-7-15-4-3-9(10)13-11/h8H,1-7H2. The molecule has 0 amide bonds. The van der Waals surface area contributed by atoms with Crippen molar-refractivity contribution in [2.24, 2.45) is 10.9 Å². The maximum absolute atomic E-state index is 6.07.